The van der Waals surface area contributed by atoms with E-state index in [-0.39, 0.29) is 11.8 Å². The maximum atomic E-state index is 13.7. The number of aromatic nitrogens is 1. The van der Waals surface area contributed by atoms with Crippen LogP contribution in [0, 0.1) is 5.92 Å². The van der Waals surface area contributed by atoms with Crippen molar-refractivity contribution in [2.24, 2.45) is 5.92 Å². The van der Waals surface area contributed by atoms with E-state index in [1.54, 1.807) is 0 Å². The van der Waals surface area contributed by atoms with Crippen molar-refractivity contribution in [3.63, 3.8) is 0 Å². The minimum Gasteiger partial charge on any atom is -0.343 e. The summed E-state index contributed by atoms with van der Waals surface area (Å²) in [6.07, 6.45) is 2.67. The van der Waals surface area contributed by atoms with Crippen molar-refractivity contribution >= 4 is 11.8 Å². The molecular weight excluding hydrogens is 472 g/mol. The van der Waals surface area contributed by atoms with Gasteiger partial charge in [-0.1, -0.05) is 74.5 Å². The number of piperazine rings is 1. The third kappa shape index (κ3) is 6.13. The topological polar surface area (TPSA) is 56.8 Å². The largest absolute Gasteiger partial charge is 0.343 e. The maximum absolute atomic E-state index is 13.7. The van der Waals surface area contributed by atoms with E-state index in [0.717, 1.165) is 74.6 Å². The zero-order valence-corrected chi connectivity index (χ0v) is 22.6. The van der Waals surface area contributed by atoms with Gasteiger partial charge in [0.15, 0.2) is 0 Å². The highest BCUT2D eigenvalue weighted by atomic mass is 16.2. The predicted octanol–water partition coefficient (Wildman–Crippen LogP) is 5.21. The van der Waals surface area contributed by atoms with E-state index in [9.17, 15) is 9.59 Å². The molecule has 0 saturated carbocycles. The van der Waals surface area contributed by atoms with Gasteiger partial charge in [-0.25, -0.2) is 4.98 Å². The number of benzene rings is 2. The predicted molar refractivity (Wildman–Crippen MR) is 152 cm³/mol. The van der Waals surface area contributed by atoms with Gasteiger partial charge in [0.05, 0.1) is 11.4 Å². The van der Waals surface area contributed by atoms with Gasteiger partial charge in [0.2, 0.25) is 5.91 Å². The molecule has 3 aromatic rings. The summed E-state index contributed by atoms with van der Waals surface area (Å²) >= 11 is 0. The van der Waals surface area contributed by atoms with Crippen LogP contribution < -0.4 is 0 Å². The summed E-state index contributed by atoms with van der Waals surface area (Å²) in [4.78, 5) is 37.6. The first-order valence-corrected chi connectivity index (χ1v) is 13.9. The van der Waals surface area contributed by atoms with Gasteiger partial charge in [-0.15, -0.1) is 0 Å². The maximum Gasteiger partial charge on any atom is 0.254 e. The summed E-state index contributed by atoms with van der Waals surface area (Å²) in [5.41, 5.74) is 4.31. The van der Waals surface area contributed by atoms with Crippen LogP contribution in [0.15, 0.2) is 72.8 Å². The highest BCUT2D eigenvalue weighted by Gasteiger charge is 2.30. The van der Waals surface area contributed by atoms with E-state index >= 15 is 0 Å². The molecule has 0 spiro atoms. The van der Waals surface area contributed by atoms with E-state index in [2.05, 4.69) is 18.7 Å². The molecule has 2 aromatic carbocycles. The molecule has 6 nitrogen and oxygen atoms in total. The number of likely N-dealkylation sites (tertiary alicyclic amines) is 1. The standard InChI is InChI=1S/C32H38N4O2/c1-24(2)21-31(37)35-15-13-28(14-16-35)34-17-19-36(20-18-34)32(38)27-22-29(25-9-5-3-6-10-25)33-30(23-27)26-11-7-4-8-12-26/h3-12,22-24,28H,13-21H2,1-2H3. The minimum absolute atomic E-state index is 0.0653. The average Bonchev–Trinajstić information content (AvgIpc) is 2.97. The highest BCUT2D eigenvalue weighted by Crippen LogP contribution is 2.26. The Morgan fingerprint density at radius 3 is 1.79 bits per heavy atom. The quantitative estimate of drug-likeness (QED) is 0.457. The number of nitrogens with zero attached hydrogens (tertiary/aromatic N) is 4. The van der Waals surface area contributed by atoms with Crippen molar-refractivity contribution in [1.82, 2.24) is 19.7 Å². The third-order valence-electron chi connectivity index (χ3n) is 7.73. The summed E-state index contributed by atoms with van der Waals surface area (Å²) < 4.78 is 0. The second kappa shape index (κ2) is 11.9. The van der Waals surface area contributed by atoms with Crippen LogP contribution in [0.5, 0.6) is 0 Å². The van der Waals surface area contributed by atoms with Crippen LogP contribution in [0.1, 0.15) is 43.5 Å². The Kier molecular flexibility index (Phi) is 8.18. The second-order valence-corrected chi connectivity index (χ2v) is 10.9. The molecule has 0 aliphatic carbocycles. The lowest BCUT2D eigenvalue weighted by Gasteiger charge is -2.43. The fourth-order valence-electron chi connectivity index (χ4n) is 5.60. The molecule has 38 heavy (non-hydrogen) atoms. The summed E-state index contributed by atoms with van der Waals surface area (Å²) in [5, 5.41) is 0. The lowest BCUT2D eigenvalue weighted by molar-refractivity contribution is -0.133. The monoisotopic (exact) mass is 510 g/mol. The fourth-order valence-corrected chi connectivity index (χ4v) is 5.60. The number of carbonyl (C=O) groups is 2. The van der Waals surface area contributed by atoms with Gasteiger partial charge in [0.1, 0.15) is 0 Å². The van der Waals surface area contributed by atoms with E-state index < -0.39 is 0 Å². The summed E-state index contributed by atoms with van der Waals surface area (Å²) in [6.45, 7) is 9.07. The van der Waals surface area contributed by atoms with Crippen LogP contribution in [0.25, 0.3) is 22.5 Å². The molecular formula is C32H38N4O2. The van der Waals surface area contributed by atoms with Gasteiger partial charge in [-0.3, -0.25) is 14.5 Å². The molecule has 2 fully saturated rings. The van der Waals surface area contributed by atoms with Gasteiger partial charge in [-0.05, 0) is 30.9 Å². The number of hydrogen-bond acceptors (Lipinski definition) is 4. The Morgan fingerprint density at radius 2 is 1.29 bits per heavy atom. The molecule has 2 saturated heterocycles. The Balaban J connectivity index is 1.25. The smallest absolute Gasteiger partial charge is 0.254 e. The van der Waals surface area contributed by atoms with Crippen molar-refractivity contribution in [3.8, 4) is 22.5 Å². The number of pyridine rings is 1. The fraction of sp³-hybridized carbons (Fsp3) is 0.406. The zero-order valence-electron chi connectivity index (χ0n) is 22.6. The Labute approximate surface area is 226 Å². The number of hydrogen-bond donors (Lipinski definition) is 0. The van der Waals surface area contributed by atoms with Crippen molar-refractivity contribution in [2.75, 3.05) is 39.3 Å². The van der Waals surface area contributed by atoms with Crippen molar-refractivity contribution in [3.05, 3.63) is 78.4 Å². The SMILES string of the molecule is CC(C)CC(=O)N1CCC(N2CCN(C(=O)c3cc(-c4ccccc4)nc(-c4ccccc4)c3)CC2)CC1. The molecule has 0 N–H and O–H groups in total. The highest BCUT2D eigenvalue weighted by molar-refractivity contribution is 5.96. The van der Waals surface area contributed by atoms with Crippen LogP contribution in [-0.2, 0) is 4.79 Å². The molecule has 0 bridgehead atoms. The van der Waals surface area contributed by atoms with Gasteiger partial charge in [0.25, 0.3) is 5.91 Å². The molecule has 5 rings (SSSR count). The van der Waals surface area contributed by atoms with Crippen LogP contribution in [0.4, 0.5) is 0 Å². The van der Waals surface area contributed by atoms with Crippen LogP contribution in [-0.4, -0.2) is 76.8 Å². The van der Waals surface area contributed by atoms with Gasteiger partial charge < -0.3 is 9.80 Å². The minimum atomic E-state index is 0.0653. The van der Waals surface area contributed by atoms with E-state index in [1.165, 1.54) is 0 Å². The number of carbonyl (C=O) groups excluding carboxylic acids is 2. The molecule has 6 heteroatoms. The third-order valence-corrected chi connectivity index (χ3v) is 7.73. The number of amides is 2. The first-order valence-electron chi connectivity index (χ1n) is 13.9. The summed E-state index contributed by atoms with van der Waals surface area (Å²) in [6, 6.07) is 24.5. The molecule has 1 aromatic heterocycles. The normalized spacial score (nSPS) is 17.1. The van der Waals surface area contributed by atoms with Gasteiger partial charge in [-0.2, -0.15) is 0 Å². The van der Waals surface area contributed by atoms with Crippen molar-refractivity contribution in [1.29, 1.82) is 0 Å². The first kappa shape index (κ1) is 26.1. The molecule has 3 heterocycles. The van der Waals surface area contributed by atoms with E-state index in [4.69, 9.17) is 4.98 Å². The van der Waals surface area contributed by atoms with Crippen LogP contribution >= 0.6 is 0 Å². The van der Waals surface area contributed by atoms with E-state index in [1.807, 2.05) is 82.6 Å². The Morgan fingerprint density at radius 1 is 0.763 bits per heavy atom. The molecule has 0 unspecified atom stereocenters. The molecule has 198 valence electrons. The summed E-state index contributed by atoms with van der Waals surface area (Å²) in [5.74, 6) is 0.755. The molecule has 0 radical (unpaired) electrons. The zero-order chi connectivity index (χ0) is 26.5. The molecule has 2 amide bonds. The number of rotatable bonds is 6. The van der Waals surface area contributed by atoms with Crippen molar-refractivity contribution in [2.45, 2.75) is 39.2 Å². The Hall–Kier alpha value is -3.51. The number of piperidine rings is 1. The lowest BCUT2D eigenvalue weighted by atomic mass is 10.0. The van der Waals surface area contributed by atoms with E-state index in [0.29, 0.717) is 23.9 Å². The first-order chi connectivity index (χ1) is 18.5. The Bertz CT molecular complexity index is 1170. The average molecular weight is 511 g/mol. The second-order valence-electron chi connectivity index (χ2n) is 10.9. The lowest BCUT2D eigenvalue weighted by Crippen LogP contribution is -2.54. The van der Waals surface area contributed by atoms with Crippen LogP contribution in [0.2, 0.25) is 0 Å². The van der Waals surface area contributed by atoms with Crippen LogP contribution in [0.3, 0.4) is 0 Å². The van der Waals surface area contributed by atoms with Gasteiger partial charge in [0, 0.05) is 68.4 Å². The molecule has 2 aliphatic rings. The van der Waals surface area contributed by atoms with Gasteiger partial charge >= 0.3 is 0 Å². The molecule has 2 aliphatic heterocycles. The molecule has 0 atom stereocenters. The van der Waals surface area contributed by atoms with Crippen molar-refractivity contribution < 1.29 is 9.59 Å². The summed E-state index contributed by atoms with van der Waals surface area (Å²) in [7, 11) is 0.